The average Bonchev–Trinajstić information content (AvgIpc) is 2.45. The summed E-state index contributed by atoms with van der Waals surface area (Å²) < 4.78 is 19.2. The number of ether oxygens (including phenoxy) is 1. The number of hydrogen-bond donors (Lipinski definition) is 1. The zero-order valence-electron chi connectivity index (χ0n) is 11.9. The molecular formula is C17H20FNO. The van der Waals surface area contributed by atoms with E-state index in [0.717, 1.165) is 23.3 Å². The first-order valence-corrected chi connectivity index (χ1v) is 6.83. The Kier molecular flexibility index (Phi) is 4.40. The molecule has 2 nitrogen and oxygen atoms in total. The smallest absolute Gasteiger partial charge is 0.124 e. The van der Waals surface area contributed by atoms with Gasteiger partial charge in [0.1, 0.15) is 11.6 Å². The van der Waals surface area contributed by atoms with Gasteiger partial charge in [-0.2, -0.15) is 0 Å². The molecule has 2 aromatic rings. The summed E-state index contributed by atoms with van der Waals surface area (Å²) in [6.07, 6.45) is 0.926. The number of rotatable bonds is 5. The molecule has 0 saturated heterocycles. The van der Waals surface area contributed by atoms with E-state index in [1.54, 1.807) is 6.07 Å². The van der Waals surface area contributed by atoms with Crippen LogP contribution in [0.3, 0.4) is 0 Å². The van der Waals surface area contributed by atoms with E-state index in [2.05, 4.69) is 6.92 Å². The van der Waals surface area contributed by atoms with Gasteiger partial charge in [0.25, 0.3) is 0 Å². The van der Waals surface area contributed by atoms with Gasteiger partial charge in [-0.1, -0.05) is 37.3 Å². The first-order valence-electron chi connectivity index (χ1n) is 6.83. The third-order valence-electron chi connectivity index (χ3n) is 3.33. The van der Waals surface area contributed by atoms with E-state index in [-0.39, 0.29) is 5.82 Å². The molecule has 106 valence electrons. The second kappa shape index (κ2) is 6.06. The quantitative estimate of drug-likeness (QED) is 0.898. The zero-order valence-corrected chi connectivity index (χ0v) is 11.9. The molecule has 1 unspecified atom stereocenters. The van der Waals surface area contributed by atoms with E-state index in [4.69, 9.17) is 10.5 Å². The monoisotopic (exact) mass is 273 g/mol. The van der Waals surface area contributed by atoms with Crippen molar-refractivity contribution in [2.45, 2.75) is 25.8 Å². The van der Waals surface area contributed by atoms with Crippen molar-refractivity contribution in [1.29, 1.82) is 0 Å². The van der Waals surface area contributed by atoms with Crippen LogP contribution in [0.15, 0.2) is 48.5 Å². The van der Waals surface area contributed by atoms with Gasteiger partial charge in [-0.25, -0.2) is 4.39 Å². The van der Waals surface area contributed by atoms with E-state index >= 15 is 0 Å². The molecule has 0 aromatic heterocycles. The van der Waals surface area contributed by atoms with Crippen LogP contribution < -0.4 is 10.5 Å². The Morgan fingerprint density at radius 1 is 1.15 bits per heavy atom. The van der Waals surface area contributed by atoms with Crippen LogP contribution in [0.1, 0.15) is 31.4 Å². The highest BCUT2D eigenvalue weighted by Gasteiger charge is 2.27. The molecule has 2 aromatic carbocycles. The molecule has 3 heteroatoms. The highest BCUT2D eigenvalue weighted by atomic mass is 19.1. The molecule has 0 bridgehead atoms. The Bertz CT molecular complexity index is 581. The minimum absolute atomic E-state index is 0.286. The molecule has 2 rings (SSSR count). The zero-order chi connectivity index (χ0) is 14.6. The third-order valence-corrected chi connectivity index (χ3v) is 3.33. The van der Waals surface area contributed by atoms with E-state index < -0.39 is 5.54 Å². The Labute approximate surface area is 119 Å². The van der Waals surface area contributed by atoms with Crippen molar-refractivity contribution < 1.29 is 9.13 Å². The molecule has 0 aliphatic carbocycles. The number of para-hydroxylation sites is 1. The Balaban J connectivity index is 2.43. The lowest BCUT2D eigenvalue weighted by molar-refractivity contribution is 0.309. The minimum Gasteiger partial charge on any atom is -0.493 e. The molecule has 0 amide bonds. The van der Waals surface area contributed by atoms with Crippen LogP contribution in [-0.4, -0.2) is 6.61 Å². The highest BCUT2D eigenvalue weighted by molar-refractivity contribution is 5.45. The summed E-state index contributed by atoms with van der Waals surface area (Å²) in [4.78, 5) is 0. The fraction of sp³-hybridized carbons (Fsp3) is 0.294. The maximum atomic E-state index is 13.4. The molecule has 0 heterocycles. The third kappa shape index (κ3) is 2.99. The summed E-state index contributed by atoms with van der Waals surface area (Å²) in [6.45, 7) is 4.56. The fourth-order valence-corrected chi connectivity index (χ4v) is 2.20. The van der Waals surface area contributed by atoms with Gasteiger partial charge >= 0.3 is 0 Å². The number of halogens is 1. The van der Waals surface area contributed by atoms with Crippen LogP contribution in [0.2, 0.25) is 0 Å². The van der Waals surface area contributed by atoms with Crippen molar-refractivity contribution in [1.82, 2.24) is 0 Å². The van der Waals surface area contributed by atoms with Crippen molar-refractivity contribution >= 4 is 0 Å². The molecule has 20 heavy (non-hydrogen) atoms. The Morgan fingerprint density at radius 2 is 1.90 bits per heavy atom. The van der Waals surface area contributed by atoms with Crippen LogP contribution in [0.5, 0.6) is 5.75 Å². The normalized spacial score (nSPS) is 13.8. The molecule has 0 fully saturated rings. The molecule has 0 spiro atoms. The van der Waals surface area contributed by atoms with Gasteiger partial charge in [-0.05, 0) is 37.1 Å². The molecule has 0 saturated carbocycles. The van der Waals surface area contributed by atoms with Crippen LogP contribution in [0.25, 0.3) is 0 Å². The second-order valence-corrected chi connectivity index (χ2v) is 5.06. The summed E-state index contributed by atoms with van der Waals surface area (Å²) in [5, 5.41) is 0. The van der Waals surface area contributed by atoms with E-state index in [1.165, 1.54) is 12.1 Å². The number of nitrogens with two attached hydrogens (primary N) is 1. The highest BCUT2D eigenvalue weighted by Crippen LogP contribution is 2.33. The molecular weight excluding hydrogens is 253 g/mol. The van der Waals surface area contributed by atoms with Gasteiger partial charge in [0.15, 0.2) is 0 Å². The van der Waals surface area contributed by atoms with Crippen molar-refractivity contribution in [2.24, 2.45) is 5.73 Å². The van der Waals surface area contributed by atoms with Gasteiger partial charge < -0.3 is 10.5 Å². The average molecular weight is 273 g/mol. The van der Waals surface area contributed by atoms with Crippen LogP contribution in [0.4, 0.5) is 4.39 Å². The predicted octanol–water partition coefficient (Wildman–Crippen LogP) is 3.84. The van der Waals surface area contributed by atoms with Crippen molar-refractivity contribution in [3.63, 3.8) is 0 Å². The molecule has 1 atom stereocenters. The lowest BCUT2D eigenvalue weighted by atomic mass is 9.85. The molecule has 0 radical (unpaired) electrons. The first-order chi connectivity index (χ1) is 9.55. The largest absolute Gasteiger partial charge is 0.493 e. The summed E-state index contributed by atoms with van der Waals surface area (Å²) in [5.41, 5.74) is 7.24. The summed E-state index contributed by atoms with van der Waals surface area (Å²) in [6, 6.07) is 14.0. The van der Waals surface area contributed by atoms with Crippen LogP contribution >= 0.6 is 0 Å². The number of benzene rings is 2. The van der Waals surface area contributed by atoms with Gasteiger partial charge in [0, 0.05) is 5.56 Å². The first kappa shape index (κ1) is 14.5. The summed E-state index contributed by atoms with van der Waals surface area (Å²) in [7, 11) is 0. The van der Waals surface area contributed by atoms with E-state index in [9.17, 15) is 4.39 Å². The minimum atomic E-state index is -0.799. The van der Waals surface area contributed by atoms with Gasteiger partial charge in [0.05, 0.1) is 12.1 Å². The lowest BCUT2D eigenvalue weighted by Crippen LogP contribution is -2.35. The molecule has 0 aliphatic rings. The van der Waals surface area contributed by atoms with E-state index in [0.29, 0.717) is 6.61 Å². The lowest BCUT2D eigenvalue weighted by Gasteiger charge is -2.28. The van der Waals surface area contributed by atoms with Crippen molar-refractivity contribution in [3.8, 4) is 5.75 Å². The second-order valence-electron chi connectivity index (χ2n) is 5.06. The molecule has 0 aliphatic heterocycles. The van der Waals surface area contributed by atoms with Crippen LogP contribution in [0, 0.1) is 5.82 Å². The summed E-state index contributed by atoms with van der Waals surface area (Å²) in [5.74, 6) is 0.467. The standard InChI is InChI=1S/C17H20FNO/c1-3-11-20-16-10-5-4-9-15(16)17(2,19)13-7-6-8-14(18)12-13/h4-10,12H,3,11,19H2,1-2H3. The summed E-state index contributed by atoms with van der Waals surface area (Å²) >= 11 is 0. The van der Waals surface area contributed by atoms with E-state index in [1.807, 2.05) is 37.3 Å². The predicted molar refractivity (Wildman–Crippen MR) is 79.3 cm³/mol. The molecule has 2 N–H and O–H groups in total. The van der Waals surface area contributed by atoms with Gasteiger partial charge in [-0.3, -0.25) is 0 Å². The Hall–Kier alpha value is -1.87. The SMILES string of the molecule is CCCOc1ccccc1C(C)(N)c1cccc(F)c1. The van der Waals surface area contributed by atoms with Gasteiger partial charge in [0.2, 0.25) is 0 Å². The van der Waals surface area contributed by atoms with Crippen molar-refractivity contribution in [3.05, 3.63) is 65.5 Å². The Morgan fingerprint density at radius 3 is 2.60 bits per heavy atom. The topological polar surface area (TPSA) is 35.2 Å². The van der Waals surface area contributed by atoms with Crippen LogP contribution in [-0.2, 0) is 5.54 Å². The maximum Gasteiger partial charge on any atom is 0.124 e. The maximum absolute atomic E-state index is 13.4. The van der Waals surface area contributed by atoms with Crippen molar-refractivity contribution in [2.75, 3.05) is 6.61 Å². The fourth-order valence-electron chi connectivity index (χ4n) is 2.20. The number of hydrogen-bond acceptors (Lipinski definition) is 2. The van der Waals surface area contributed by atoms with Gasteiger partial charge in [-0.15, -0.1) is 0 Å².